The first-order valence-electron chi connectivity index (χ1n) is 6.20. The van der Waals surface area contributed by atoms with E-state index < -0.39 is 6.10 Å². The van der Waals surface area contributed by atoms with Crippen LogP contribution in [-0.4, -0.2) is 5.11 Å². The van der Waals surface area contributed by atoms with Crippen molar-refractivity contribution in [3.63, 3.8) is 0 Å². The molecule has 1 N–H and O–H groups in total. The normalized spacial score (nSPS) is 12.3. The standard InChI is InChI=1S/C16H17ClO2/c1-10-8-13(17)9-11(2)16(10)19-15-7-5-4-6-14(15)12(3)18/h4-9,12,18H,1-3H3. The molecule has 1 unspecified atom stereocenters. The average molecular weight is 277 g/mol. The molecule has 0 aromatic heterocycles. The van der Waals surface area contributed by atoms with E-state index >= 15 is 0 Å². The van der Waals surface area contributed by atoms with Crippen molar-refractivity contribution in [3.8, 4) is 11.5 Å². The topological polar surface area (TPSA) is 29.5 Å². The minimum atomic E-state index is -0.566. The molecule has 0 aliphatic rings. The van der Waals surface area contributed by atoms with Crippen LogP contribution in [0.15, 0.2) is 36.4 Å². The van der Waals surface area contributed by atoms with Crippen LogP contribution >= 0.6 is 11.6 Å². The first-order valence-corrected chi connectivity index (χ1v) is 6.58. The van der Waals surface area contributed by atoms with Gasteiger partial charge in [0.1, 0.15) is 11.5 Å². The Kier molecular flexibility index (Phi) is 4.13. The van der Waals surface area contributed by atoms with E-state index in [9.17, 15) is 5.11 Å². The van der Waals surface area contributed by atoms with Gasteiger partial charge in [-0.2, -0.15) is 0 Å². The molecule has 0 heterocycles. The van der Waals surface area contributed by atoms with Gasteiger partial charge in [-0.3, -0.25) is 0 Å². The van der Waals surface area contributed by atoms with Crippen LogP contribution in [0.5, 0.6) is 11.5 Å². The van der Waals surface area contributed by atoms with E-state index in [0.29, 0.717) is 10.8 Å². The Balaban J connectivity index is 2.42. The van der Waals surface area contributed by atoms with E-state index in [1.54, 1.807) is 6.92 Å². The molecule has 0 radical (unpaired) electrons. The van der Waals surface area contributed by atoms with Crippen LogP contribution in [0.1, 0.15) is 29.7 Å². The van der Waals surface area contributed by atoms with E-state index in [0.717, 1.165) is 22.4 Å². The van der Waals surface area contributed by atoms with Gasteiger partial charge in [-0.25, -0.2) is 0 Å². The Morgan fingerprint density at radius 1 is 1.11 bits per heavy atom. The molecule has 0 aliphatic carbocycles. The van der Waals surface area contributed by atoms with Crippen LogP contribution in [-0.2, 0) is 0 Å². The summed E-state index contributed by atoms with van der Waals surface area (Å²) in [5.74, 6) is 1.46. The Bertz CT molecular complexity index is 568. The average Bonchev–Trinajstić information content (AvgIpc) is 2.34. The maximum Gasteiger partial charge on any atom is 0.133 e. The largest absolute Gasteiger partial charge is 0.456 e. The van der Waals surface area contributed by atoms with Crippen LogP contribution in [0.3, 0.4) is 0 Å². The van der Waals surface area contributed by atoms with Crippen molar-refractivity contribution in [3.05, 3.63) is 58.1 Å². The lowest BCUT2D eigenvalue weighted by molar-refractivity contribution is 0.195. The van der Waals surface area contributed by atoms with Gasteiger partial charge in [0.05, 0.1) is 6.10 Å². The van der Waals surface area contributed by atoms with Crippen molar-refractivity contribution in [2.45, 2.75) is 26.9 Å². The number of ether oxygens (including phenoxy) is 1. The van der Waals surface area contributed by atoms with Crippen molar-refractivity contribution in [2.75, 3.05) is 0 Å². The van der Waals surface area contributed by atoms with Gasteiger partial charge in [-0.05, 0) is 50.1 Å². The van der Waals surface area contributed by atoms with Crippen LogP contribution in [0.2, 0.25) is 5.02 Å². The number of rotatable bonds is 3. The summed E-state index contributed by atoms with van der Waals surface area (Å²) in [6.45, 7) is 5.64. The van der Waals surface area contributed by atoms with E-state index in [2.05, 4.69) is 0 Å². The van der Waals surface area contributed by atoms with Crippen LogP contribution in [0.4, 0.5) is 0 Å². The summed E-state index contributed by atoms with van der Waals surface area (Å²) in [4.78, 5) is 0. The molecular weight excluding hydrogens is 260 g/mol. The van der Waals surface area contributed by atoms with E-state index in [1.165, 1.54) is 0 Å². The predicted octanol–water partition coefficient (Wildman–Crippen LogP) is 4.80. The molecular formula is C16H17ClO2. The maximum atomic E-state index is 9.76. The van der Waals surface area contributed by atoms with Crippen molar-refractivity contribution >= 4 is 11.6 Å². The van der Waals surface area contributed by atoms with E-state index in [4.69, 9.17) is 16.3 Å². The second-order valence-electron chi connectivity index (χ2n) is 4.68. The lowest BCUT2D eigenvalue weighted by atomic mass is 10.1. The van der Waals surface area contributed by atoms with E-state index in [-0.39, 0.29) is 0 Å². The van der Waals surface area contributed by atoms with Gasteiger partial charge in [-0.15, -0.1) is 0 Å². The van der Waals surface area contributed by atoms with Gasteiger partial charge in [0.2, 0.25) is 0 Å². The third kappa shape index (κ3) is 3.09. The molecule has 0 fully saturated rings. The Morgan fingerprint density at radius 3 is 2.26 bits per heavy atom. The zero-order chi connectivity index (χ0) is 14.0. The Hall–Kier alpha value is -1.51. The SMILES string of the molecule is Cc1cc(Cl)cc(C)c1Oc1ccccc1C(C)O. The summed E-state index contributed by atoms with van der Waals surface area (Å²) in [6, 6.07) is 11.2. The third-order valence-corrected chi connectivity index (χ3v) is 3.22. The number of aliphatic hydroxyl groups is 1. The zero-order valence-corrected chi connectivity index (χ0v) is 12.0. The minimum absolute atomic E-state index is 0.566. The highest BCUT2D eigenvalue weighted by molar-refractivity contribution is 6.30. The second kappa shape index (κ2) is 5.64. The summed E-state index contributed by atoms with van der Waals surface area (Å²) in [5, 5.41) is 10.5. The molecule has 19 heavy (non-hydrogen) atoms. The third-order valence-electron chi connectivity index (χ3n) is 3.01. The molecule has 0 spiro atoms. The van der Waals surface area contributed by atoms with Gasteiger partial charge in [0.15, 0.2) is 0 Å². The number of halogens is 1. The lowest BCUT2D eigenvalue weighted by Crippen LogP contribution is -1.98. The molecule has 2 aromatic rings. The minimum Gasteiger partial charge on any atom is -0.456 e. The molecule has 0 aliphatic heterocycles. The number of aryl methyl sites for hydroxylation is 2. The molecule has 2 nitrogen and oxygen atoms in total. The number of benzene rings is 2. The van der Waals surface area contributed by atoms with Crippen molar-refractivity contribution < 1.29 is 9.84 Å². The molecule has 0 saturated carbocycles. The first kappa shape index (κ1) is 13.9. The molecule has 3 heteroatoms. The predicted molar refractivity (Wildman–Crippen MR) is 78.1 cm³/mol. The van der Waals surface area contributed by atoms with Crippen molar-refractivity contribution in [2.24, 2.45) is 0 Å². The number of hydrogen-bond donors (Lipinski definition) is 1. The van der Waals surface area contributed by atoms with Gasteiger partial charge < -0.3 is 9.84 Å². The highest BCUT2D eigenvalue weighted by atomic mass is 35.5. The number of hydrogen-bond acceptors (Lipinski definition) is 2. The molecule has 0 saturated heterocycles. The van der Waals surface area contributed by atoms with Crippen LogP contribution in [0, 0.1) is 13.8 Å². The van der Waals surface area contributed by atoms with Crippen molar-refractivity contribution in [1.29, 1.82) is 0 Å². The summed E-state index contributed by atoms with van der Waals surface area (Å²) >= 11 is 6.01. The molecule has 100 valence electrons. The smallest absolute Gasteiger partial charge is 0.133 e. The summed E-state index contributed by atoms with van der Waals surface area (Å²) in [7, 11) is 0. The van der Waals surface area contributed by atoms with Gasteiger partial charge in [0.25, 0.3) is 0 Å². The lowest BCUT2D eigenvalue weighted by Gasteiger charge is -2.16. The van der Waals surface area contributed by atoms with Gasteiger partial charge >= 0.3 is 0 Å². The Morgan fingerprint density at radius 2 is 1.68 bits per heavy atom. The first-order chi connectivity index (χ1) is 8.99. The molecule has 2 rings (SSSR count). The zero-order valence-electron chi connectivity index (χ0n) is 11.3. The van der Waals surface area contributed by atoms with E-state index in [1.807, 2.05) is 50.2 Å². The Labute approximate surface area is 118 Å². The van der Waals surface area contributed by atoms with Crippen molar-refractivity contribution in [1.82, 2.24) is 0 Å². The molecule has 0 amide bonds. The number of aliphatic hydroxyl groups excluding tert-OH is 1. The fourth-order valence-electron chi connectivity index (χ4n) is 2.09. The molecule has 1 atom stereocenters. The molecule has 0 bridgehead atoms. The monoisotopic (exact) mass is 276 g/mol. The van der Waals surface area contributed by atoms with Gasteiger partial charge in [-0.1, -0.05) is 29.8 Å². The van der Waals surface area contributed by atoms with Gasteiger partial charge in [0, 0.05) is 10.6 Å². The number of para-hydroxylation sites is 1. The van der Waals surface area contributed by atoms with Crippen LogP contribution in [0.25, 0.3) is 0 Å². The fraction of sp³-hybridized carbons (Fsp3) is 0.250. The summed E-state index contributed by atoms with van der Waals surface area (Å²) in [6.07, 6.45) is -0.566. The molecule has 2 aromatic carbocycles. The second-order valence-corrected chi connectivity index (χ2v) is 5.12. The highest BCUT2D eigenvalue weighted by Gasteiger charge is 2.12. The highest BCUT2D eigenvalue weighted by Crippen LogP contribution is 2.34. The maximum absolute atomic E-state index is 9.76. The fourth-order valence-corrected chi connectivity index (χ4v) is 2.41. The van der Waals surface area contributed by atoms with Crippen LogP contribution < -0.4 is 4.74 Å². The summed E-state index contributed by atoms with van der Waals surface area (Å²) in [5.41, 5.74) is 2.73. The summed E-state index contributed by atoms with van der Waals surface area (Å²) < 4.78 is 5.97. The quantitative estimate of drug-likeness (QED) is 0.872.